The fourth-order valence-electron chi connectivity index (χ4n) is 3.63. The molecule has 2 amide bonds. The molecule has 2 aromatic rings. The molecule has 3 rings (SSSR count). The number of nitrogens with one attached hydrogen (secondary N) is 2. The summed E-state index contributed by atoms with van der Waals surface area (Å²) in [6.45, 7) is 8.71. The first-order valence-electron chi connectivity index (χ1n) is 10.9. The molecule has 178 valence electrons. The molecule has 0 radical (unpaired) electrons. The average molecular weight is 473 g/mol. The van der Waals surface area contributed by atoms with Gasteiger partial charge in [0, 0.05) is 43.8 Å². The molecule has 0 unspecified atom stereocenters. The fraction of sp³-hybridized carbons (Fsp3) is 0.417. The summed E-state index contributed by atoms with van der Waals surface area (Å²) >= 11 is 0. The van der Waals surface area contributed by atoms with Gasteiger partial charge in [0.15, 0.2) is 0 Å². The number of anilines is 1. The quantitative estimate of drug-likeness (QED) is 0.673. The lowest BCUT2D eigenvalue weighted by atomic mass is 10.1. The Morgan fingerprint density at radius 1 is 0.909 bits per heavy atom. The van der Waals surface area contributed by atoms with E-state index in [4.69, 9.17) is 0 Å². The van der Waals surface area contributed by atoms with E-state index in [0.29, 0.717) is 49.5 Å². The number of amides is 2. The fourth-order valence-corrected chi connectivity index (χ4v) is 4.46. The minimum atomic E-state index is -3.14. The Hall–Kier alpha value is -2.75. The highest BCUT2D eigenvalue weighted by atomic mass is 32.2. The van der Waals surface area contributed by atoms with E-state index in [1.54, 1.807) is 36.4 Å². The first-order valence-corrected chi connectivity index (χ1v) is 12.8. The molecule has 0 saturated carbocycles. The van der Waals surface area contributed by atoms with Crippen molar-refractivity contribution in [2.45, 2.75) is 32.9 Å². The van der Waals surface area contributed by atoms with Gasteiger partial charge in [0.05, 0.1) is 17.5 Å². The number of para-hydroxylation sites is 1. The third-order valence-electron chi connectivity index (χ3n) is 5.33. The third kappa shape index (κ3) is 7.12. The van der Waals surface area contributed by atoms with Gasteiger partial charge in [-0.15, -0.1) is 0 Å². The molecule has 1 fully saturated rings. The van der Waals surface area contributed by atoms with Crippen molar-refractivity contribution >= 4 is 27.5 Å². The average Bonchev–Trinajstić information content (AvgIpc) is 2.73. The number of sulfonamides is 1. The van der Waals surface area contributed by atoms with Gasteiger partial charge in [0.2, 0.25) is 10.0 Å². The van der Waals surface area contributed by atoms with E-state index in [2.05, 4.69) is 15.5 Å². The Bertz CT molecular complexity index is 1100. The van der Waals surface area contributed by atoms with E-state index in [1.165, 1.54) is 10.6 Å². The number of rotatable bonds is 6. The van der Waals surface area contributed by atoms with Crippen LogP contribution < -0.4 is 10.6 Å². The van der Waals surface area contributed by atoms with Gasteiger partial charge in [-0.25, -0.2) is 8.42 Å². The zero-order chi connectivity index (χ0) is 24.2. The minimum Gasteiger partial charge on any atom is -0.347 e. The van der Waals surface area contributed by atoms with Gasteiger partial charge in [-0.2, -0.15) is 4.31 Å². The maximum Gasteiger partial charge on any atom is 0.255 e. The molecule has 8 nitrogen and oxygen atoms in total. The first kappa shape index (κ1) is 24.9. The molecular weight excluding hydrogens is 440 g/mol. The van der Waals surface area contributed by atoms with Crippen LogP contribution in [0.5, 0.6) is 0 Å². The van der Waals surface area contributed by atoms with Gasteiger partial charge < -0.3 is 10.6 Å². The molecular formula is C24H32N4O4S. The van der Waals surface area contributed by atoms with Crippen molar-refractivity contribution in [1.82, 2.24) is 14.5 Å². The van der Waals surface area contributed by atoms with Crippen LogP contribution in [0.3, 0.4) is 0 Å². The third-order valence-corrected chi connectivity index (χ3v) is 6.63. The number of nitrogens with zero attached hydrogens (tertiary/aromatic N) is 2. The molecule has 0 atom stereocenters. The molecule has 0 bridgehead atoms. The Kier molecular flexibility index (Phi) is 7.56. The van der Waals surface area contributed by atoms with Gasteiger partial charge >= 0.3 is 0 Å². The highest BCUT2D eigenvalue weighted by Crippen LogP contribution is 2.18. The van der Waals surface area contributed by atoms with Crippen molar-refractivity contribution < 1.29 is 18.0 Å². The van der Waals surface area contributed by atoms with Crippen LogP contribution in [-0.2, 0) is 16.6 Å². The summed E-state index contributed by atoms with van der Waals surface area (Å²) in [6, 6.07) is 14.2. The van der Waals surface area contributed by atoms with Crippen LogP contribution in [0.25, 0.3) is 0 Å². The molecule has 1 heterocycles. The van der Waals surface area contributed by atoms with Crippen LogP contribution in [0.2, 0.25) is 0 Å². The minimum absolute atomic E-state index is 0.246. The predicted octanol–water partition coefficient (Wildman–Crippen LogP) is 2.54. The molecule has 1 saturated heterocycles. The number of carbonyl (C=O) groups is 2. The zero-order valence-corrected chi connectivity index (χ0v) is 20.4. The van der Waals surface area contributed by atoms with Crippen molar-refractivity contribution in [2.24, 2.45) is 0 Å². The summed E-state index contributed by atoms with van der Waals surface area (Å²) in [4.78, 5) is 27.6. The molecule has 2 aromatic carbocycles. The van der Waals surface area contributed by atoms with Gasteiger partial charge in [0.1, 0.15) is 0 Å². The molecule has 33 heavy (non-hydrogen) atoms. The highest BCUT2D eigenvalue weighted by Gasteiger charge is 2.23. The summed E-state index contributed by atoms with van der Waals surface area (Å²) < 4.78 is 24.8. The lowest BCUT2D eigenvalue weighted by molar-refractivity contribution is 0.0920. The van der Waals surface area contributed by atoms with E-state index in [9.17, 15) is 18.0 Å². The lowest BCUT2D eigenvalue weighted by Crippen LogP contribution is -2.47. The number of piperazine rings is 1. The van der Waals surface area contributed by atoms with Crippen molar-refractivity contribution in [3.05, 3.63) is 65.2 Å². The van der Waals surface area contributed by atoms with Crippen LogP contribution in [0, 0.1) is 0 Å². The molecule has 2 N–H and O–H groups in total. The maximum atomic E-state index is 12.8. The van der Waals surface area contributed by atoms with Crippen molar-refractivity contribution in [3.8, 4) is 0 Å². The van der Waals surface area contributed by atoms with Crippen LogP contribution in [0.4, 0.5) is 5.69 Å². The van der Waals surface area contributed by atoms with Crippen LogP contribution in [-0.4, -0.2) is 67.4 Å². The molecule has 9 heteroatoms. The maximum absolute atomic E-state index is 12.8. The second kappa shape index (κ2) is 10.0. The number of carbonyl (C=O) groups excluding carboxylic acids is 2. The van der Waals surface area contributed by atoms with E-state index >= 15 is 0 Å². The normalized spacial score (nSPS) is 15.8. The van der Waals surface area contributed by atoms with Crippen LogP contribution in [0.15, 0.2) is 48.5 Å². The smallest absolute Gasteiger partial charge is 0.255 e. The van der Waals surface area contributed by atoms with Crippen molar-refractivity contribution in [3.63, 3.8) is 0 Å². The standard InChI is InChI=1S/C24H32N4O4S/c1-24(2,3)26-23(30)20-7-5-6-8-21(20)25-22(29)19-11-9-18(10-12-19)17-27-13-15-28(16-14-27)33(4,31)32/h5-12H,13-17H2,1-4H3,(H,25,29)(H,26,30). The largest absolute Gasteiger partial charge is 0.347 e. The zero-order valence-electron chi connectivity index (χ0n) is 19.6. The Labute approximate surface area is 196 Å². The van der Waals surface area contributed by atoms with E-state index in [1.807, 2.05) is 32.9 Å². The Balaban J connectivity index is 1.61. The van der Waals surface area contributed by atoms with Crippen LogP contribution >= 0.6 is 0 Å². The van der Waals surface area contributed by atoms with E-state index < -0.39 is 10.0 Å². The summed E-state index contributed by atoms with van der Waals surface area (Å²) in [5.41, 5.74) is 2.01. The van der Waals surface area contributed by atoms with Gasteiger partial charge in [-0.05, 0) is 50.6 Å². The summed E-state index contributed by atoms with van der Waals surface area (Å²) in [6.07, 6.45) is 1.24. The van der Waals surface area contributed by atoms with Gasteiger partial charge in [-0.3, -0.25) is 14.5 Å². The molecule has 1 aliphatic heterocycles. The number of benzene rings is 2. The van der Waals surface area contributed by atoms with Gasteiger partial charge in [0.25, 0.3) is 11.8 Å². The monoisotopic (exact) mass is 472 g/mol. The topological polar surface area (TPSA) is 98.8 Å². The summed E-state index contributed by atoms with van der Waals surface area (Å²) in [7, 11) is -3.14. The van der Waals surface area contributed by atoms with E-state index in [0.717, 1.165) is 5.56 Å². The molecule has 0 aromatic heterocycles. The predicted molar refractivity (Wildman–Crippen MR) is 130 cm³/mol. The van der Waals surface area contributed by atoms with Gasteiger partial charge in [-0.1, -0.05) is 24.3 Å². The highest BCUT2D eigenvalue weighted by molar-refractivity contribution is 7.88. The summed E-state index contributed by atoms with van der Waals surface area (Å²) in [5.74, 6) is -0.538. The van der Waals surface area contributed by atoms with E-state index in [-0.39, 0.29) is 17.4 Å². The first-order chi connectivity index (χ1) is 15.4. The molecule has 1 aliphatic rings. The SMILES string of the molecule is CC(C)(C)NC(=O)c1ccccc1NC(=O)c1ccc(CN2CCN(S(C)(=O)=O)CC2)cc1. The molecule has 0 spiro atoms. The Morgan fingerprint density at radius 2 is 1.52 bits per heavy atom. The second-order valence-corrected chi connectivity index (χ2v) is 11.3. The molecule has 0 aliphatic carbocycles. The number of hydrogen-bond acceptors (Lipinski definition) is 5. The Morgan fingerprint density at radius 3 is 2.09 bits per heavy atom. The number of hydrogen-bond donors (Lipinski definition) is 2. The van der Waals surface area contributed by atoms with Crippen molar-refractivity contribution in [1.29, 1.82) is 0 Å². The summed E-state index contributed by atoms with van der Waals surface area (Å²) in [5, 5.41) is 5.76. The lowest BCUT2D eigenvalue weighted by Gasteiger charge is -2.33. The van der Waals surface area contributed by atoms with Crippen LogP contribution in [0.1, 0.15) is 47.1 Å². The second-order valence-electron chi connectivity index (χ2n) is 9.34. The van der Waals surface area contributed by atoms with Crippen molar-refractivity contribution in [2.75, 3.05) is 37.8 Å².